The second-order valence-electron chi connectivity index (χ2n) is 6.99. The van der Waals surface area contributed by atoms with Crippen molar-refractivity contribution in [3.8, 4) is 0 Å². The molecule has 0 bridgehead atoms. The number of carbonyl (C=O) groups excluding carboxylic acids is 1. The minimum absolute atomic E-state index is 0.0700. The molecule has 2 atom stereocenters. The van der Waals surface area contributed by atoms with Gasteiger partial charge in [-0.05, 0) is 45.0 Å². The molecule has 0 spiro atoms. The van der Waals surface area contributed by atoms with Crippen LogP contribution in [0, 0.1) is 10.1 Å². The molecule has 0 aromatic heterocycles. The van der Waals surface area contributed by atoms with Gasteiger partial charge in [-0.25, -0.2) is 5.01 Å². The van der Waals surface area contributed by atoms with Crippen molar-refractivity contribution in [3.63, 3.8) is 0 Å². The van der Waals surface area contributed by atoms with Crippen LogP contribution in [0.15, 0.2) is 52.7 Å². The number of quaternary nitrogens is 1. The number of carbonyl (C=O) groups is 1. The van der Waals surface area contributed by atoms with Crippen molar-refractivity contribution < 1.29 is 19.8 Å². The fourth-order valence-corrected chi connectivity index (χ4v) is 3.37. The molecule has 1 aliphatic rings. The molecule has 1 N–H and O–H groups in total. The average molecular weight is 428 g/mol. The summed E-state index contributed by atoms with van der Waals surface area (Å²) in [5.74, 6) is -1.08. The van der Waals surface area contributed by atoms with Crippen LogP contribution in [0.1, 0.15) is 32.5 Å². The van der Waals surface area contributed by atoms with Crippen LogP contribution in [0.2, 0.25) is 0 Å². The molecule has 0 amide bonds. The molecule has 0 saturated carbocycles. The SMILES string of the molecule is CC(=O)[O-].CCN(CC)c1ccc(N=NC2c3cc([N+](=O)[O-])ccc3[NH+](C)N2C)cc1. The smallest absolute Gasteiger partial charge is 0.270 e. The second kappa shape index (κ2) is 10.6. The number of hydrogen-bond acceptors (Lipinski definition) is 8. The van der Waals surface area contributed by atoms with Crippen LogP contribution in [0.3, 0.4) is 0 Å². The van der Waals surface area contributed by atoms with Crippen LogP contribution in [-0.4, -0.2) is 43.1 Å². The van der Waals surface area contributed by atoms with Gasteiger partial charge < -0.3 is 14.8 Å². The van der Waals surface area contributed by atoms with E-state index in [1.807, 2.05) is 43.4 Å². The average Bonchev–Trinajstić information content (AvgIpc) is 2.97. The number of non-ortho nitro benzene ring substituents is 1. The molecule has 0 aliphatic carbocycles. The van der Waals surface area contributed by atoms with E-state index in [-0.39, 0.29) is 16.8 Å². The van der Waals surface area contributed by atoms with E-state index in [1.165, 1.54) is 6.07 Å². The normalized spacial score (nSPS) is 17.7. The summed E-state index contributed by atoms with van der Waals surface area (Å²) in [7, 11) is 3.91. The molecule has 1 aliphatic heterocycles. The number of azo groups is 1. The molecule has 0 saturated heterocycles. The van der Waals surface area contributed by atoms with Crippen molar-refractivity contribution in [3.05, 3.63) is 58.1 Å². The van der Waals surface area contributed by atoms with Crippen molar-refractivity contribution >= 4 is 28.7 Å². The second-order valence-corrected chi connectivity index (χ2v) is 6.99. The van der Waals surface area contributed by atoms with Gasteiger partial charge in [0.2, 0.25) is 0 Å². The summed E-state index contributed by atoms with van der Waals surface area (Å²) < 4.78 is 0. The van der Waals surface area contributed by atoms with Gasteiger partial charge in [-0.2, -0.15) is 10.2 Å². The van der Waals surface area contributed by atoms with Crippen LogP contribution in [-0.2, 0) is 4.79 Å². The number of nitrogens with one attached hydrogen (secondary N) is 1. The molecule has 31 heavy (non-hydrogen) atoms. The molecular weight excluding hydrogens is 400 g/mol. The zero-order chi connectivity index (χ0) is 23.1. The number of carboxylic acids is 1. The molecule has 0 radical (unpaired) electrons. The summed E-state index contributed by atoms with van der Waals surface area (Å²) in [6.07, 6.45) is -0.359. The van der Waals surface area contributed by atoms with Gasteiger partial charge >= 0.3 is 0 Å². The lowest BCUT2D eigenvalue weighted by molar-refractivity contribution is -0.934. The number of aliphatic carboxylic acids is 1. The molecule has 2 aromatic carbocycles. The van der Waals surface area contributed by atoms with Crippen molar-refractivity contribution in [2.45, 2.75) is 26.9 Å². The van der Waals surface area contributed by atoms with Crippen LogP contribution in [0.5, 0.6) is 0 Å². The van der Waals surface area contributed by atoms with E-state index in [9.17, 15) is 10.1 Å². The predicted octanol–water partition coefficient (Wildman–Crippen LogP) is 1.99. The highest BCUT2D eigenvalue weighted by Crippen LogP contribution is 2.34. The van der Waals surface area contributed by atoms with Crippen molar-refractivity contribution in [2.24, 2.45) is 10.2 Å². The first-order valence-electron chi connectivity index (χ1n) is 9.98. The Bertz CT molecular complexity index is 939. The third-order valence-corrected chi connectivity index (χ3v) is 5.07. The van der Waals surface area contributed by atoms with E-state index >= 15 is 0 Å². The fourth-order valence-electron chi connectivity index (χ4n) is 3.37. The fraction of sp³-hybridized carbons (Fsp3) is 0.381. The highest BCUT2D eigenvalue weighted by atomic mass is 16.6. The monoisotopic (exact) mass is 428 g/mol. The van der Waals surface area contributed by atoms with Crippen molar-refractivity contribution in [1.82, 2.24) is 5.01 Å². The van der Waals surface area contributed by atoms with Gasteiger partial charge in [-0.1, -0.05) is 0 Å². The number of carboxylic acid groups (broad SMARTS) is 1. The summed E-state index contributed by atoms with van der Waals surface area (Å²) in [5, 5.41) is 31.9. The van der Waals surface area contributed by atoms with Gasteiger partial charge in [0.05, 0.1) is 23.2 Å². The molecule has 2 unspecified atom stereocenters. The van der Waals surface area contributed by atoms with Gasteiger partial charge in [-0.15, -0.1) is 5.01 Å². The predicted molar refractivity (Wildman–Crippen MR) is 115 cm³/mol. The van der Waals surface area contributed by atoms with E-state index in [0.717, 1.165) is 47.6 Å². The maximum absolute atomic E-state index is 11.1. The highest BCUT2D eigenvalue weighted by molar-refractivity contribution is 5.60. The highest BCUT2D eigenvalue weighted by Gasteiger charge is 2.38. The van der Waals surface area contributed by atoms with E-state index in [0.29, 0.717) is 0 Å². The minimum atomic E-state index is -1.08. The number of nitrogens with zero attached hydrogens (tertiary/aromatic N) is 5. The largest absolute Gasteiger partial charge is 0.550 e. The first kappa shape index (κ1) is 23.9. The van der Waals surface area contributed by atoms with Crippen LogP contribution >= 0.6 is 0 Å². The zero-order valence-corrected chi connectivity index (χ0v) is 18.4. The Labute approximate surface area is 181 Å². The summed E-state index contributed by atoms with van der Waals surface area (Å²) in [6.45, 7) is 7.13. The Morgan fingerprint density at radius 1 is 1.19 bits per heavy atom. The Kier molecular flexibility index (Phi) is 8.17. The van der Waals surface area contributed by atoms with Crippen LogP contribution in [0.4, 0.5) is 22.7 Å². The molecule has 2 aromatic rings. The lowest BCUT2D eigenvalue weighted by Gasteiger charge is -2.20. The Morgan fingerprint density at radius 3 is 2.29 bits per heavy atom. The summed E-state index contributed by atoms with van der Waals surface area (Å²) >= 11 is 0. The van der Waals surface area contributed by atoms with Crippen LogP contribution in [0.25, 0.3) is 0 Å². The van der Waals surface area contributed by atoms with Crippen LogP contribution < -0.4 is 15.0 Å². The maximum atomic E-state index is 11.1. The number of nitro groups is 1. The van der Waals surface area contributed by atoms with E-state index in [1.54, 1.807) is 12.1 Å². The molecule has 1 heterocycles. The molecule has 10 nitrogen and oxygen atoms in total. The molecule has 10 heteroatoms. The molecule has 3 rings (SSSR count). The number of fused-ring (bicyclic) bond motifs is 1. The molecular formula is C21H28N6O4. The number of nitro benzene ring substituents is 1. The van der Waals surface area contributed by atoms with Gasteiger partial charge in [0.25, 0.3) is 5.69 Å². The summed E-state index contributed by atoms with van der Waals surface area (Å²) in [6, 6.07) is 12.9. The third kappa shape index (κ3) is 5.83. The molecule has 0 fully saturated rings. The summed E-state index contributed by atoms with van der Waals surface area (Å²) in [4.78, 5) is 21.9. The zero-order valence-electron chi connectivity index (χ0n) is 18.4. The van der Waals surface area contributed by atoms with Crippen molar-refractivity contribution in [1.29, 1.82) is 0 Å². The lowest BCUT2D eigenvalue weighted by atomic mass is 10.1. The van der Waals surface area contributed by atoms with Gasteiger partial charge in [0.15, 0.2) is 11.9 Å². The first-order valence-corrected chi connectivity index (χ1v) is 9.98. The standard InChI is InChI=1S/C19H24N6O2.C2H4O2/c1-5-24(6-2)15-9-7-14(8-10-15)20-21-19-17-13-16(25(26)27)11-12-18(17)22(3)23(19)4;1-2(3)4/h7-13,19H,5-6H2,1-4H3;1H3,(H,3,4). The number of benzene rings is 2. The Hall–Kier alpha value is -3.37. The van der Waals surface area contributed by atoms with E-state index in [4.69, 9.17) is 9.90 Å². The van der Waals surface area contributed by atoms with Gasteiger partial charge in [0.1, 0.15) is 0 Å². The van der Waals surface area contributed by atoms with E-state index in [2.05, 4.69) is 29.0 Å². The summed E-state index contributed by atoms with van der Waals surface area (Å²) in [5.41, 5.74) is 3.77. The van der Waals surface area contributed by atoms with Gasteiger partial charge in [0, 0.05) is 50.0 Å². The number of hydrogen-bond donors (Lipinski definition) is 1. The number of rotatable bonds is 6. The van der Waals surface area contributed by atoms with E-state index < -0.39 is 5.97 Å². The minimum Gasteiger partial charge on any atom is -0.550 e. The Morgan fingerprint density at radius 2 is 1.77 bits per heavy atom. The Balaban J connectivity index is 0.000000785. The maximum Gasteiger partial charge on any atom is 0.270 e. The van der Waals surface area contributed by atoms with Crippen molar-refractivity contribution in [2.75, 3.05) is 32.1 Å². The number of anilines is 1. The first-order chi connectivity index (χ1) is 14.7. The molecule has 166 valence electrons. The lowest BCUT2D eigenvalue weighted by Crippen LogP contribution is -3.08. The van der Waals surface area contributed by atoms with Gasteiger partial charge in [-0.3, -0.25) is 10.1 Å². The topological polar surface area (TPSA) is 119 Å². The third-order valence-electron chi connectivity index (χ3n) is 5.07. The quantitative estimate of drug-likeness (QED) is 0.427.